The molecule has 0 heterocycles. The molecule has 0 aliphatic rings. The van der Waals surface area contributed by atoms with Gasteiger partial charge in [0, 0.05) is 10.7 Å². The lowest BCUT2D eigenvalue weighted by atomic mass is 10.1. The third-order valence-corrected chi connectivity index (χ3v) is 5.10. The molecule has 2 aromatic carbocycles. The summed E-state index contributed by atoms with van der Waals surface area (Å²) in [5.41, 5.74) is 1.72. The van der Waals surface area contributed by atoms with Crippen molar-refractivity contribution in [2.75, 3.05) is 17.3 Å². The monoisotopic (exact) mass is 435 g/mol. The van der Waals surface area contributed by atoms with Crippen molar-refractivity contribution in [1.82, 2.24) is 5.32 Å². The van der Waals surface area contributed by atoms with Crippen molar-refractivity contribution in [3.05, 3.63) is 63.6 Å². The molecular weight excluding hydrogens is 417 g/mol. The van der Waals surface area contributed by atoms with Gasteiger partial charge in [0.2, 0.25) is 5.91 Å². The number of amides is 2. The van der Waals surface area contributed by atoms with Crippen molar-refractivity contribution in [2.24, 2.45) is 0 Å². The number of nitrogens with zero attached hydrogens (tertiary/aromatic N) is 1. The maximum absolute atomic E-state index is 12.7. The summed E-state index contributed by atoms with van der Waals surface area (Å²) >= 11 is 13.5. The number of thioether (sulfide) groups is 1. The number of rotatable bonds is 8. The van der Waals surface area contributed by atoms with Crippen LogP contribution in [0.1, 0.15) is 22.3 Å². The molecule has 0 saturated carbocycles. The van der Waals surface area contributed by atoms with Crippen LogP contribution in [0.3, 0.4) is 0 Å². The first-order valence-corrected chi connectivity index (χ1v) is 10.6. The van der Waals surface area contributed by atoms with Gasteiger partial charge < -0.3 is 10.6 Å². The van der Waals surface area contributed by atoms with E-state index in [9.17, 15) is 9.59 Å². The smallest absolute Gasteiger partial charge is 0.253 e. The normalized spacial score (nSPS) is 11.4. The molecule has 0 saturated heterocycles. The van der Waals surface area contributed by atoms with Gasteiger partial charge >= 0.3 is 0 Å². The Kier molecular flexibility index (Phi) is 8.65. The SMILES string of the molecule is CSCCC(NC(=O)c1ccc(Cl)cc1Cl)C(=O)Nc1ccc(CC#N)cc1. The Morgan fingerprint density at radius 1 is 1.18 bits per heavy atom. The van der Waals surface area contributed by atoms with E-state index >= 15 is 0 Å². The first-order valence-electron chi connectivity index (χ1n) is 8.46. The zero-order valence-corrected chi connectivity index (χ0v) is 17.5. The highest BCUT2D eigenvalue weighted by molar-refractivity contribution is 7.98. The Bertz CT molecular complexity index is 882. The average Bonchev–Trinajstić information content (AvgIpc) is 2.66. The predicted molar refractivity (Wildman–Crippen MR) is 115 cm³/mol. The number of hydrogen-bond acceptors (Lipinski definition) is 4. The first kappa shape index (κ1) is 22.1. The van der Waals surface area contributed by atoms with E-state index in [-0.39, 0.29) is 16.5 Å². The molecule has 28 heavy (non-hydrogen) atoms. The van der Waals surface area contributed by atoms with Gasteiger partial charge in [-0.05, 0) is 54.3 Å². The fourth-order valence-electron chi connectivity index (χ4n) is 2.44. The Labute approximate surface area is 178 Å². The van der Waals surface area contributed by atoms with Crippen LogP contribution in [0.5, 0.6) is 0 Å². The second-order valence-corrected chi connectivity index (χ2v) is 7.78. The topological polar surface area (TPSA) is 82.0 Å². The Hall–Kier alpha value is -2.20. The van der Waals surface area contributed by atoms with Crippen LogP contribution in [0.4, 0.5) is 5.69 Å². The Morgan fingerprint density at radius 2 is 1.89 bits per heavy atom. The van der Waals surface area contributed by atoms with E-state index in [1.165, 1.54) is 12.1 Å². The van der Waals surface area contributed by atoms with E-state index < -0.39 is 11.9 Å². The average molecular weight is 436 g/mol. The van der Waals surface area contributed by atoms with Crippen molar-refractivity contribution >= 4 is 52.5 Å². The van der Waals surface area contributed by atoms with Crippen LogP contribution in [-0.2, 0) is 11.2 Å². The molecule has 146 valence electrons. The number of anilines is 1. The van der Waals surface area contributed by atoms with Gasteiger partial charge in [-0.2, -0.15) is 17.0 Å². The Morgan fingerprint density at radius 3 is 2.50 bits per heavy atom. The van der Waals surface area contributed by atoms with Crippen LogP contribution in [0, 0.1) is 11.3 Å². The lowest BCUT2D eigenvalue weighted by Crippen LogP contribution is -2.44. The summed E-state index contributed by atoms with van der Waals surface area (Å²) in [6.45, 7) is 0. The minimum absolute atomic E-state index is 0.224. The molecule has 2 amide bonds. The number of halogens is 2. The quantitative estimate of drug-likeness (QED) is 0.636. The van der Waals surface area contributed by atoms with Gasteiger partial charge in [-0.15, -0.1) is 0 Å². The van der Waals surface area contributed by atoms with Crippen LogP contribution >= 0.6 is 35.0 Å². The zero-order valence-electron chi connectivity index (χ0n) is 15.2. The molecule has 2 N–H and O–H groups in total. The first-order chi connectivity index (χ1) is 13.4. The van der Waals surface area contributed by atoms with Crippen LogP contribution < -0.4 is 10.6 Å². The van der Waals surface area contributed by atoms with Crippen molar-refractivity contribution in [3.8, 4) is 6.07 Å². The van der Waals surface area contributed by atoms with Crippen molar-refractivity contribution in [1.29, 1.82) is 5.26 Å². The van der Waals surface area contributed by atoms with Crippen molar-refractivity contribution < 1.29 is 9.59 Å². The number of nitriles is 1. The minimum atomic E-state index is -0.717. The van der Waals surface area contributed by atoms with Crippen LogP contribution in [0.15, 0.2) is 42.5 Å². The molecule has 0 aromatic heterocycles. The van der Waals surface area contributed by atoms with Gasteiger partial charge in [0.05, 0.1) is 23.1 Å². The summed E-state index contributed by atoms with van der Waals surface area (Å²) in [6, 6.07) is 13.0. The highest BCUT2D eigenvalue weighted by Gasteiger charge is 2.22. The minimum Gasteiger partial charge on any atom is -0.340 e. The molecule has 0 bridgehead atoms. The maximum Gasteiger partial charge on any atom is 0.253 e. The molecule has 5 nitrogen and oxygen atoms in total. The fraction of sp³-hybridized carbons (Fsp3) is 0.250. The van der Waals surface area contributed by atoms with E-state index in [1.54, 1.807) is 42.1 Å². The van der Waals surface area contributed by atoms with Crippen LogP contribution in [0.2, 0.25) is 10.0 Å². The zero-order chi connectivity index (χ0) is 20.5. The number of benzene rings is 2. The van der Waals surface area contributed by atoms with E-state index in [0.29, 0.717) is 29.3 Å². The van der Waals surface area contributed by atoms with Gasteiger partial charge in [-0.3, -0.25) is 9.59 Å². The summed E-state index contributed by atoms with van der Waals surface area (Å²) in [5.74, 6) is -0.0545. The van der Waals surface area contributed by atoms with Gasteiger partial charge in [0.25, 0.3) is 5.91 Å². The molecular formula is C20H19Cl2N3O2S. The number of carbonyl (C=O) groups excluding carboxylic acids is 2. The van der Waals surface area contributed by atoms with E-state index in [0.717, 1.165) is 5.56 Å². The van der Waals surface area contributed by atoms with E-state index in [2.05, 4.69) is 16.7 Å². The highest BCUT2D eigenvalue weighted by Crippen LogP contribution is 2.21. The lowest BCUT2D eigenvalue weighted by Gasteiger charge is -2.19. The third kappa shape index (κ3) is 6.45. The van der Waals surface area contributed by atoms with Gasteiger partial charge in [-0.1, -0.05) is 35.3 Å². The molecule has 0 radical (unpaired) electrons. The molecule has 2 aromatic rings. The summed E-state index contributed by atoms with van der Waals surface area (Å²) in [4.78, 5) is 25.3. The molecule has 0 spiro atoms. The fourth-order valence-corrected chi connectivity index (χ4v) is 3.41. The van der Waals surface area contributed by atoms with E-state index in [4.69, 9.17) is 28.5 Å². The maximum atomic E-state index is 12.7. The van der Waals surface area contributed by atoms with Crippen LogP contribution in [0.25, 0.3) is 0 Å². The lowest BCUT2D eigenvalue weighted by molar-refractivity contribution is -0.118. The molecule has 1 atom stereocenters. The molecule has 1 unspecified atom stereocenters. The summed E-state index contributed by atoms with van der Waals surface area (Å²) in [5, 5.41) is 14.9. The molecule has 0 aliphatic carbocycles. The second kappa shape index (κ2) is 11.0. The standard InChI is InChI=1S/C20H19Cl2N3O2S/c1-28-11-9-18(25-19(26)16-7-4-14(21)12-17(16)22)20(27)24-15-5-2-13(3-6-15)8-10-23/h2-7,12,18H,8-9,11H2,1H3,(H,24,27)(H,25,26). The van der Waals surface area contributed by atoms with Crippen molar-refractivity contribution in [3.63, 3.8) is 0 Å². The second-order valence-electron chi connectivity index (χ2n) is 5.95. The van der Waals surface area contributed by atoms with E-state index in [1.807, 2.05) is 6.26 Å². The Balaban J connectivity index is 2.09. The highest BCUT2D eigenvalue weighted by atomic mass is 35.5. The molecule has 0 aliphatic heterocycles. The molecule has 8 heteroatoms. The third-order valence-electron chi connectivity index (χ3n) is 3.91. The molecule has 2 rings (SSSR count). The summed E-state index contributed by atoms with van der Waals surface area (Å²) < 4.78 is 0. The number of carbonyl (C=O) groups is 2. The largest absolute Gasteiger partial charge is 0.340 e. The number of nitrogens with one attached hydrogen (secondary N) is 2. The van der Waals surface area contributed by atoms with Gasteiger partial charge in [0.1, 0.15) is 6.04 Å². The predicted octanol–water partition coefficient (Wildman–Crippen LogP) is 4.55. The summed E-state index contributed by atoms with van der Waals surface area (Å²) in [6.07, 6.45) is 2.71. The van der Waals surface area contributed by atoms with Crippen molar-refractivity contribution in [2.45, 2.75) is 18.9 Å². The van der Waals surface area contributed by atoms with Crippen LogP contribution in [-0.4, -0.2) is 29.9 Å². The van der Waals surface area contributed by atoms with Gasteiger partial charge in [-0.25, -0.2) is 0 Å². The van der Waals surface area contributed by atoms with Gasteiger partial charge in [0.15, 0.2) is 0 Å². The number of hydrogen-bond donors (Lipinski definition) is 2. The summed E-state index contributed by atoms with van der Waals surface area (Å²) in [7, 11) is 0. The molecule has 0 fully saturated rings.